The van der Waals surface area contributed by atoms with E-state index in [9.17, 15) is 4.79 Å². The van der Waals surface area contributed by atoms with E-state index in [4.69, 9.17) is 23.2 Å². The second-order valence-corrected chi connectivity index (χ2v) is 3.34. The van der Waals surface area contributed by atoms with Crippen LogP contribution in [-0.2, 0) is 9.53 Å². The molecular weight excluding hydrogens is 223 g/mol. The number of benzene rings is 1. The van der Waals surface area contributed by atoms with Crippen molar-refractivity contribution in [2.45, 2.75) is 6.92 Å². The minimum atomic E-state index is -0.115. The summed E-state index contributed by atoms with van der Waals surface area (Å²) in [5, 5.41) is 0.118. The van der Waals surface area contributed by atoms with Crippen LogP contribution in [0.25, 0.3) is 5.03 Å². The molecule has 1 rings (SSSR count). The summed E-state index contributed by atoms with van der Waals surface area (Å²) < 4.78 is 4.45. The zero-order valence-corrected chi connectivity index (χ0v) is 8.97. The summed E-state index contributed by atoms with van der Waals surface area (Å²) in [6, 6.07) is 7.41. The van der Waals surface area contributed by atoms with Crippen molar-refractivity contribution in [3.05, 3.63) is 40.6 Å². The number of ether oxygens (including phenoxy) is 1. The normalized spacial score (nSPS) is 11.9. The molecule has 4 heteroatoms. The molecule has 14 heavy (non-hydrogen) atoms. The summed E-state index contributed by atoms with van der Waals surface area (Å²) in [6.45, 7) is 2.13. The first kappa shape index (κ1) is 11.1. The average molecular weight is 231 g/mol. The zero-order valence-electron chi connectivity index (χ0n) is 7.46. The van der Waals surface area contributed by atoms with Gasteiger partial charge in [0.05, 0.1) is 0 Å². The van der Waals surface area contributed by atoms with Crippen LogP contribution in [0.3, 0.4) is 0 Å². The van der Waals surface area contributed by atoms with E-state index >= 15 is 0 Å². The van der Waals surface area contributed by atoms with Gasteiger partial charge in [-0.15, -0.1) is 0 Å². The fraction of sp³-hybridized carbons (Fsp3) is 0.100. The Hall–Kier alpha value is -0.990. The summed E-state index contributed by atoms with van der Waals surface area (Å²) in [4.78, 5) is 10.0. The highest BCUT2D eigenvalue weighted by molar-refractivity contribution is 6.54. The van der Waals surface area contributed by atoms with E-state index in [0.29, 0.717) is 0 Å². The van der Waals surface area contributed by atoms with Crippen LogP contribution >= 0.6 is 23.2 Å². The lowest BCUT2D eigenvalue weighted by atomic mass is 10.1. The molecule has 0 spiro atoms. The number of hydrogen-bond acceptors (Lipinski definition) is 2. The molecule has 0 aromatic heterocycles. The largest absolute Gasteiger partial charge is 0.415 e. The van der Waals surface area contributed by atoms with Gasteiger partial charge in [-0.25, -0.2) is 0 Å². The molecule has 74 valence electrons. The third-order valence-electron chi connectivity index (χ3n) is 1.71. The van der Waals surface area contributed by atoms with Gasteiger partial charge in [0.1, 0.15) is 5.03 Å². The summed E-state index contributed by atoms with van der Waals surface area (Å²) in [7, 11) is 0. The van der Waals surface area contributed by atoms with Crippen LogP contribution in [0.1, 0.15) is 11.1 Å². The maximum atomic E-state index is 10.0. The average Bonchev–Trinajstić information content (AvgIpc) is 2.18. The molecule has 0 fully saturated rings. The lowest BCUT2D eigenvalue weighted by Crippen LogP contribution is -1.88. The van der Waals surface area contributed by atoms with Crippen molar-refractivity contribution in [3.63, 3.8) is 0 Å². The molecule has 0 saturated heterocycles. The fourth-order valence-corrected chi connectivity index (χ4v) is 1.41. The Labute approximate surface area is 92.1 Å². The van der Waals surface area contributed by atoms with E-state index in [1.54, 1.807) is 6.07 Å². The van der Waals surface area contributed by atoms with Crippen molar-refractivity contribution in [1.29, 1.82) is 0 Å². The maximum Gasteiger partial charge on any atom is 0.299 e. The molecule has 2 nitrogen and oxygen atoms in total. The van der Waals surface area contributed by atoms with Gasteiger partial charge in [0.2, 0.25) is 5.22 Å². The second-order valence-electron chi connectivity index (χ2n) is 2.62. The molecule has 0 saturated carbocycles. The van der Waals surface area contributed by atoms with Gasteiger partial charge in [0.15, 0.2) is 0 Å². The lowest BCUT2D eigenvalue weighted by Gasteiger charge is -2.04. The third kappa shape index (κ3) is 2.50. The van der Waals surface area contributed by atoms with Gasteiger partial charge < -0.3 is 4.74 Å². The molecule has 0 amide bonds. The number of aryl methyl sites for hydroxylation is 1. The van der Waals surface area contributed by atoms with E-state index in [-0.39, 0.29) is 16.7 Å². The van der Waals surface area contributed by atoms with Crippen molar-refractivity contribution < 1.29 is 9.53 Å². The zero-order chi connectivity index (χ0) is 10.6. The summed E-state index contributed by atoms with van der Waals surface area (Å²) >= 11 is 11.5. The molecule has 0 atom stereocenters. The van der Waals surface area contributed by atoms with Crippen LogP contribution in [0.2, 0.25) is 0 Å². The predicted octanol–water partition coefficient (Wildman–Crippen LogP) is 3.27. The SMILES string of the molecule is Cc1ccccc1/C(Cl)=C(/Cl)OC=O. The Morgan fingerprint density at radius 2 is 2.00 bits per heavy atom. The Kier molecular flexibility index (Phi) is 3.98. The van der Waals surface area contributed by atoms with Gasteiger partial charge in [-0.05, 0) is 24.1 Å². The van der Waals surface area contributed by atoms with Crippen LogP contribution in [0.5, 0.6) is 0 Å². The van der Waals surface area contributed by atoms with Crippen molar-refractivity contribution in [1.82, 2.24) is 0 Å². The van der Waals surface area contributed by atoms with E-state index in [1.165, 1.54) is 0 Å². The maximum absolute atomic E-state index is 10.0. The minimum absolute atomic E-state index is 0.115. The highest BCUT2D eigenvalue weighted by Crippen LogP contribution is 2.27. The molecule has 0 aliphatic rings. The molecule has 0 bridgehead atoms. The monoisotopic (exact) mass is 230 g/mol. The van der Waals surface area contributed by atoms with Crippen molar-refractivity contribution in [2.75, 3.05) is 0 Å². The molecule has 0 heterocycles. The summed E-state index contributed by atoms with van der Waals surface area (Å²) in [5.74, 6) is 0. The van der Waals surface area contributed by atoms with Gasteiger partial charge in [-0.2, -0.15) is 0 Å². The van der Waals surface area contributed by atoms with Crippen LogP contribution in [0.4, 0.5) is 0 Å². The first-order chi connectivity index (χ1) is 6.66. The van der Waals surface area contributed by atoms with Crippen LogP contribution in [0, 0.1) is 6.92 Å². The highest BCUT2D eigenvalue weighted by atomic mass is 35.5. The van der Waals surface area contributed by atoms with Gasteiger partial charge in [0.25, 0.3) is 6.47 Å². The first-order valence-electron chi connectivity index (χ1n) is 3.88. The smallest absolute Gasteiger partial charge is 0.299 e. The number of hydrogen-bond donors (Lipinski definition) is 0. The number of rotatable bonds is 3. The predicted molar refractivity (Wildman–Crippen MR) is 57.0 cm³/mol. The number of carbonyl (C=O) groups excluding carboxylic acids is 1. The molecule has 0 N–H and O–H groups in total. The Morgan fingerprint density at radius 3 is 2.57 bits per heavy atom. The molecule has 0 radical (unpaired) electrons. The summed E-state index contributed by atoms with van der Waals surface area (Å²) in [5.41, 5.74) is 1.71. The molecule has 1 aromatic carbocycles. The fourth-order valence-electron chi connectivity index (χ4n) is 1.02. The van der Waals surface area contributed by atoms with Crippen LogP contribution < -0.4 is 0 Å². The van der Waals surface area contributed by atoms with Crippen molar-refractivity contribution in [2.24, 2.45) is 0 Å². The van der Waals surface area contributed by atoms with E-state index in [2.05, 4.69) is 4.74 Å². The van der Waals surface area contributed by atoms with Gasteiger partial charge >= 0.3 is 0 Å². The second kappa shape index (κ2) is 5.03. The van der Waals surface area contributed by atoms with Crippen molar-refractivity contribution >= 4 is 34.7 Å². The topological polar surface area (TPSA) is 26.3 Å². The molecule has 0 aliphatic carbocycles. The molecule has 0 aliphatic heterocycles. The van der Waals surface area contributed by atoms with Gasteiger partial charge in [0, 0.05) is 5.56 Å². The van der Waals surface area contributed by atoms with Gasteiger partial charge in [-0.3, -0.25) is 4.79 Å². The number of halogens is 2. The van der Waals surface area contributed by atoms with Crippen LogP contribution in [0.15, 0.2) is 29.5 Å². The lowest BCUT2D eigenvalue weighted by molar-refractivity contribution is -0.124. The van der Waals surface area contributed by atoms with Gasteiger partial charge in [-0.1, -0.05) is 35.9 Å². The molecular formula is C10H8Cl2O2. The van der Waals surface area contributed by atoms with E-state index in [0.717, 1.165) is 11.1 Å². The molecule has 1 aromatic rings. The minimum Gasteiger partial charge on any atom is -0.415 e. The Morgan fingerprint density at radius 1 is 1.36 bits per heavy atom. The third-order valence-corrected chi connectivity index (χ3v) is 2.46. The van der Waals surface area contributed by atoms with E-state index < -0.39 is 0 Å². The first-order valence-corrected chi connectivity index (χ1v) is 4.64. The number of carbonyl (C=O) groups is 1. The van der Waals surface area contributed by atoms with Crippen LogP contribution in [-0.4, -0.2) is 6.47 Å². The Balaban J connectivity index is 3.11. The van der Waals surface area contributed by atoms with Crippen molar-refractivity contribution in [3.8, 4) is 0 Å². The highest BCUT2D eigenvalue weighted by Gasteiger charge is 2.08. The molecule has 0 unspecified atom stereocenters. The quantitative estimate of drug-likeness (QED) is 0.589. The Bertz CT molecular complexity index is 372. The van der Waals surface area contributed by atoms with E-state index in [1.807, 2.05) is 25.1 Å². The standard InChI is InChI=1S/C10H8Cl2O2/c1-7-4-2-3-5-8(7)9(11)10(12)14-6-13/h2-6H,1H3/b10-9+. The summed E-state index contributed by atoms with van der Waals surface area (Å²) in [6.07, 6.45) is 0.